The lowest BCUT2D eigenvalue weighted by atomic mass is 9.52. The molecule has 5 N–H and O–H groups in total. The number of aliphatic hydroxyl groups is 1. The number of nitrogens with zero attached hydrogens (tertiary/aromatic N) is 2. The summed E-state index contributed by atoms with van der Waals surface area (Å²) in [7, 11) is 6.29. The highest BCUT2D eigenvalue weighted by Gasteiger charge is 2.69. The number of aromatic hydroxyl groups is 1. The summed E-state index contributed by atoms with van der Waals surface area (Å²) in [5.74, 6) is -11.9. The van der Waals surface area contributed by atoms with Crippen molar-refractivity contribution in [3.05, 3.63) is 22.8 Å². The van der Waals surface area contributed by atoms with Crippen LogP contribution in [0.5, 0.6) is 5.75 Å². The summed E-state index contributed by atoms with van der Waals surface area (Å²) in [6.07, 6.45) is -4.89. The number of hydrogen-bond donors (Lipinski definition) is 4. The van der Waals surface area contributed by atoms with Gasteiger partial charge in [-0.25, -0.2) is 0 Å². The van der Waals surface area contributed by atoms with Crippen LogP contribution >= 0.6 is 0 Å². The molecule has 0 spiro atoms. The van der Waals surface area contributed by atoms with E-state index < -0.39 is 88.9 Å². The van der Waals surface area contributed by atoms with Gasteiger partial charge in [-0.2, -0.15) is 13.2 Å². The minimum atomic E-state index is -4.55. The van der Waals surface area contributed by atoms with Crippen molar-refractivity contribution in [1.82, 2.24) is 10.2 Å². The van der Waals surface area contributed by atoms with Crippen LogP contribution in [0.2, 0.25) is 0 Å². The fraction of sp³-hybridized carbons (Fsp3) is 0.607. The highest BCUT2D eigenvalue weighted by Crippen LogP contribution is 2.52. The second-order valence-corrected chi connectivity index (χ2v) is 11.8. The number of amides is 1. The molecule has 1 aromatic carbocycles. The maximum atomic E-state index is 14.0. The SMILES string of the molecule is CCC(NCc1cc(N(C)C)c2c(c1O)C(=O)C1C(=O)[C@]3(O)C(=O)C(C(N)=O)C(=O)C(N(C)C)[C@@H]3C[C@@H]1C2)C(F)(F)F. The van der Waals surface area contributed by atoms with Gasteiger partial charge in [0.1, 0.15) is 11.8 Å². The molecule has 0 heterocycles. The Morgan fingerprint density at radius 1 is 1.17 bits per heavy atom. The lowest BCUT2D eigenvalue weighted by Crippen LogP contribution is -2.74. The largest absolute Gasteiger partial charge is 0.507 e. The van der Waals surface area contributed by atoms with E-state index in [1.54, 1.807) is 19.0 Å². The summed E-state index contributed by atoms with van der Waals surface area (Å²) in [5.41, 5.74) is 2.98. The average Bonchev–Trinajstić information content (AvgIpc) is 2.86. The number of benzene rings is 1. The zero-order valence-electron chi connectivity index (χ0n) is 23.9. The van der Waals surface area contributed by atoms with E-state index in [9.17, 15) is 47.4 Å². The van der Waals surface area contributed by atoms with E-state index in [2.05, 4.69) is 5.32 Å². The molecule has 1 aromatic rings. The molecule has 4 unspecified atom stereocenters. The summed E-state index contributed by atoms with van der Waals surface area (Å²) in [6, 6.07) is -1.61. The lowest BCUT2D eigenvalue weighted by Gasteiger charge is -2.52. The van der Waals surface area contributed by atoms with Crippen molar-refractivity contribution in [3.63, 3.8) is 0 Å². The molecular weight excluding hydrogens is 561 g/mol. The number of phenolic OH excluding ortho intramolecular Hbond substituents is 1. The molecule has 7 atom stereocenters. The third kappa shape index (κ3) is 4.69. The number of carbonyl (C=O) groups excluding carboxylic acids is 5. The number of nitrogens with two attached hydrogens (primary N) is 1. The van der Waals surface area contributed by atoms with Crippen molar-refractivity contribution >= 4 is 34.7 Å². The highest BCUT2D eigenvalue weighted by molar-refractivity contribution is 6.32. The predicted octanol–water partition coefficient (Wildman–Crippen LogP) is 0.364. The van der Waals surface area contributed by atoms with E-state index in [-0.39, 0.29) is 30.4 Å². The molecule has 1 amide bonds. The first-order chi connectivity index (χ1) is 19.4. The van der Waals surface area contributed by atoms with Gasteiger partial charge in [0.25, 0.3) is 0 Å². The molecule has 0 aliphatic heterocycles. The Bertz CT molecular complexity index is 1360. The Balaban J connectivity index is 1.83. The first kappa shape index (κ1) is 31.6. The van der Waals surface area contributed by atoms with Gasteiger partial charge in [0, 0.05) is 37.8 Å². The van der Waals surface area contributed by atoms with Crippen LogP contribution in [0.15, 0.2) is 6.07 Å². The minimum absolute atomic E-state index is 0.00685. The molecule has 3 aliphatic carbocycles. The van der Waals surface area contributed by atoms with Gasteiger partial charge in [-0.05, 0) is 50.9 Å². The summed E-state index contributed by atoms with van der Waals surface area (Å²) in [5, 5.41) is 25.2. The van der Waals surface area contributed by atoms with Gasteiger partial charge in [0.05, 0.1) is 17.5 Å². The normalized spacial score (nSPS) is 30.1. The molecule has 2 saturated carbocycles. The number of alkyl halides is 3. The maximum Gasteiger partial charge on any atom is 0.403 e. The number of primary amides is 1. The Labute approximate surface area is 240 Å². The molecule has 0 radical (unpaired) electrons. The van der Waals surface area contributed by atoms with Gasteiger partial charge in [-0.3, -0.25) is 28.9 Å². The fourth-order valence-electron chi connectivity index (χ4n) is 6.96. The molecule has 2 fully saturated rings. The van der Waals surface area contributed by atoms with Crippen LogP contribution in [-0.2, 0) is 32.1 Å². The third-order valence-corrected chi connectivity index (χ3v) is 8.94. The summed E-state index contributed by atoms with van der Waals surface area (Å²) in [6.45, 7) is 0.911. The van der Waals surface area contributed by atoms with Crippen LogP contribution in [0.4, 0.5) is 18.9 Å². The smallest absolute Gasteiger partial charge is 0.403 e. The second-order valence-electron chi connectivity index (χ2n) is 11.8. The van der Waals surface area contributed by atoms with Crippen LogP contribution in [-0.4, -0.2) is 96.2 Å². The Kier molecular flexibility index (Phi) is 8.06. The first-order valence-electron chi connectivity index (χ1n) is 13.6. The van der Waals surface area contributed by atoms with Crippen LogP contribution in [0.25, 0.3) is 0 Å². The molecule has 0 bridgehead atoms. The number of ketones is 4. The van der Waals surface area contributed by atoms with Crippen LogP contribution in [0.3, 0.4) is 0 Å². The van der Waals surface area contributed by atoms with Crippen molar-refractivity contribution < 1.29 is 47.4 Å². The topological polar surface area (TPSA) is 170 Å². The van der Waals surface area contributed by atoms with E-state index in [0.717, 1.165) is 0 Å². The van der Waals surface area contributed by atoms with Crippen molar-refractivity contribution in [2.45, 2.75) is 56.6 Å². The average molecular weight is 597 g/mol. The van der Waals surface area contributed by atoms with E-state index >= 15 is 0 Å². The summed E-state index contributed by atoms with van der Waals surface area (Å²) >= 11 is 0. The Hall–Kier alpha value is -3.36. The summed E-state index contributed by atoms with van der Waals surface area (Å²) in [4.78, 5) is 69.7. The highest BCUT2D eigenvalue weighted by atomic mass is 19.4. The molecule has 4 rings (SSSR count). The number of phenols is 1. The van der Waals surface area contributed by atoms with E-state index in [4.69, 9.17) is 5.73 Å². The molecule has 11 nitrogen and oxygen atoms in total. The second kappa shape index (κ2) is 10.7. The molecule has 42 heavy (non-hydrogen) atoms. The standard InChI is InChI=1S/C28H35F3N4O7/c1-6-16(28(29,30)31)33-10-12-9-15(34(2)3)13-7-11-8-14-20(35(4)5)23(38)19(26(32)41)25(40)27(14,42)24(39)17(11)22(37)18(13)21(12)36/h9,11,14,16-17,19-20,33,36,42H,6-8,10H2,1-5H3,(H2,32,41)/t11-,14-,16?,17?,19?,20?,27-/m0/s1. The molecular formula is C28H35F3N4O7. The predicted molar refractivity (Wildman–Crippen MR) is 143 cm³/mol. The zero-order chi connectivity index (χ0) is 31.6. The number of anilines is 1. The number of fused-ring (bicyclic) bond motifs is 3. The van der Waals surface area contributed by atoms with Gasteiger partial charge in [0.15, 0.2) is 34.7 Å². The Morgan fingerprint density at radius 3 is 2.29 bits per heavy atom. The molecule has 14 heteroatoms. The van der Waals surface area contributed by atoms with E-state index in [1.807, 2.05) is 0 Å². The van der Waals surface area contributed by atoms with E-state index in [0.29, 0.717) is 11.3 Å². The van der Waals surface area contributed by atoms with Gasteiger partial charge in [-0.1, -0.05) is 6.92 Å². The van der Waals surface area contributed by atoms with E-state index in [1.165, 1.54) is 32.0 Å². The minimum Gasteiger partial charge on any atom is -0.507 e. The molecule has 0 aromatic heterocycles. The number of nitrogens with one attached hydrogen (secondary N) is 1. The third-order valence-electron chi connectivity index (χ3n) is 8.94. The number of carbonyl (C=O) groups is 5. The van der Waals surface area contributed by atoms with Gasteiger partial charge >= 0.3 is 6.18 Å². The zero-order valence-corrected chi connectivity index (χ0v) is 23.9. The summed E-state index contributed by atoms with van der Waals surface area (Å²) < 4.78 is 40.0. The number of likely N-dealkylation sites (N-methyl/N-ethyl adjacent to an activating group) is 1. The molecule has 0 saturated heterocycles. The van der Waals surface area contributed by atoms with Gasteiger partial charge < -0.3 is 26.2 Å². The lowest BCUT2D eigenvalue weighted by molar-refractivity contribution is -0.181. The number of rotatable bonds is 7. The number of hydrogen-bond acceptors (Lipinski definition) is 10. The number of halogens is 3. The quantitative estimate of drug-likeness (QED) is 0.323. The van der Waals surface area contributed by atoms with Crippen molar-refractivity contribution in [3.8, 4) is 5.75 Å². The van der Waals surface area contributed by atoms with Crippen LogP contribution in [0, 0.1) is 23.7 Å². The molecule has 230 valence electrons. The first-order valence-corrected chi connectivity index (χ1v) is 13.6. The van der Waals surface area contributed by atoms with Crippen LogP contribution in [0.1, 0.15) is 41.3 Å². The number of Topliss-reactive ketones (excluding diaryl/α,β-unsaturated/α-hetero) is 4. The van der Waals surface area contributed by atoms with Crippen molar-refractivity contribution in [1.29, 1.82) is 0 Å². The van der Waals surface area contributed by atoms with Gasteiger partial charge in [0.2, 0.25) is 5.91 Å². The fourth-order valence-corrected chi connectivity index (χ4v) is 6.96. The Morgan fingerprint density at radius 2 is 1.79 bits per heavy atom. The monoisotopic (exact) mass is 596 g/mol. The van der Waals surface area contributed by atoms with Crippen molar-refractivity contribution in [2.24, 2.45) is 29.4 Å². The van der Waals surface area contributed by atoms with Gasteiger partial charge in [-0.15, -0.1) is 0 Å². The van der Waals surface area contributed by atoms with Crippen molar-refractivity contribution in [2.75, 3.05) is 33.1 Å². The molecule has 3 aliphatic rings. The van der Waals surface area contributed by atoms with Crippen LogP contribution < -0.4 is 16.0 Å². The maximum absolute atomic E-state index is 14.0.